The van der Waals surface area contributed by atoms with Crippen molar-refractivity contribution in [1.82, 2.24) is 0 Å². The van der Waals surface area contributed by atoms with E-state index < -0.39 is 33.0 Å². The number of fused-ring (bicyclic) bond motifs is 2. The highest BCUT2D eigenvalue weighted by atomic mass is 32.2. The Morgan fingerprint density at radius 2 is 2.00 bits per heavy atom. The molecule has 0 aromatic heterocycles. The highest BCUT2D eigenvalue weighted by Crippen LogP contribution is 2.57. The summed E-state index contributed by atoms with van der Waals surface area (Å²) in [4.78, 5) is 11.4. The number of carbonyl (C=O) groups excluding carboxylic acids is 1. The lowest BCUT2D eigenvalue weighted by Gasteiger charge is -2.36. The number of thioether (sulfide) groups is 1. The first-order valence-electron chi connectivity index (χ1n) is 7.87. The van der Waals surface area contributed by atoms with E-state index in [0.717, 1.165) is 19.3 Å². The van der Waals surface area contributed by atoms with E-state index in [1.807, 2.05) is 6.92 Å². The van der Waals surface area contributed by atoms with E-state index in [4.69, 9.17) is 4.55 Å². The quantitative estimate of drug-likeness (QED) is 0.561. The smallest absolute Gasteiger partial charge is 0.456 e. The van der Waals surface area contributed by atoms with Crippen molar-refractivity contribution in [3.63, 3.8) is 0 Å². The Morgan fingerprint density at radius 1 is 1.33 bits per heavy atom. The molecule has 6 unspecified atom stereocenters. The molecular formula is C14H20F2O6S2. The zero-order chi connectivity index (χ0) is 17.9. The molecule has 0 aromatic carbocycles. The van der Waals surface area contributed by atoms with Crippen LogP contribution in [0.25, 0.3) is 0 Å². The van der Waals surface area contributed by atoms with E-state index in [1.165, 1.54) is 0 Å². The number of ether oxygens (including phenoxy) is 1. The molecule has 0 amide bonds. The Bertz CT molecular complexity index is 635. The first-order chi connectivity index (χ1) is 10.9. The fraction of sp³-hybridized carbons (Fsp3) is 0.929. The largest absolute Gasteiger partial charge is 0.465 e. The Kier molecular flexibility index (Phi) is 4.42. The minimum absolute atomic E-state index is 0.0988. The minimum atomic E-state index is -5.84. The summed E-state index contributed by atoms with van der Waals surface area (Å²) in [7, 11) is -5.84. The van der Waals surface area contributed by atoms with Crippen LogP contribution in [0.4, 0.5) is 8.78 Å². The molecule has 1 saturated carbocycles. The maximum atomic E-state index is 13.3. The van der Waals surface area contributed by atoms with Crippen molar-refractivity contribution < 1.29 is 36.4 Å². The highest BCUT2D eigenvalue weighted by molar-refractivity contribution is 8.01. The highest BCUT2D eigenvalue weighted by Gasteiger charge is 2.58. The van der Waals surface area contributed by atoms with E-state index in [9.17, 15) is 27.1 Å². The molecule has 3 aliphatic rings. The van der Waals surface area contributed by atoms with Gasteiger partial charge in [0, 0.05) is 10.5 Å². The second kappa shape index (κ2) is 5.78. The summed E-state index contributed by atoms with van der Waals surface area (Å²) < 4.78 is 60.9. The van der Waals surface area contributed by atoms with Gasteiger partial charge in [-0.25, -0.2) is 4.79 Å². The predicted octanol–water partition coefficient (Wildman–Crippen LogP) is 1.82. The molecule has 138 valence electrons. The van der Waals surface area contributed by atoms with Crippen molar-refractivity contribution >= 4 is 27.8 Å². The average Bonchev–Trinajstić information content (AvgIpc) is 3.10. The SMILES string of the molecule is CC1(O)CCCC1C1CC2SC1CC2OC(=O)C(F)(F)S(=O)(=O)O. The van der Waals surface area contributed by atoms with Crippen LogP contribution in [0.5, 0.6) is 0 Å². The number of halogens is 2. The maximum Gasteiger partial charge on any atom is 0.465 e. The van der Waals surface area contributed by atoms with Gasteiger partial charge in [-0.2, -0.15) is 29.0 Å². The van der Waals surface area contributed by atoms with Crippen LogP contribution in [0, 0.1) is 11.8 Å². The Balaban J connectivity index is 1.63. The third-order valence-electron chi connectivity index (χ3n) is 5.54. The molecule has 6 atom stereocenters. The van der Waals surface area contributed by atoms with E-state index >= 15 is 0 Å². The monoisotopic (exact) mass is 386 g/mol. The van der Waals surface area contributed by atoms with Crippen LogP contribution in [0.3, 0.4) is 0 Å². The minimum Gasteiger partial charge on any atom is -0.456 e. The van der Waals surface area contributed by atoms with Crippen molar-refractivity contribution in [2.75, 3.05) is 0 Å². The maximum absolute atomic E-state index is 13.3. The topological polar surface area (TPSA) is 101 Å². The van der Waals surface area contributed by atoms with Gasteiger partial charge in [0.05, 0.1) is 5.60 Å². The molecule has 2 N–H and O–H groups in total. The molecule has 2 heterocycles. The Labute approximate surface area is 143 Å². The lowest BCUT2D eigenvalue weighted by Crippen LogP contribution is -2.44. The third kappa shape index (κ3) is 2.95. The van der Waals surface area contributed by atoms with Crippen molar-refractivity contribution in [3.8, 4) is 0 Å². The van der Waals surface area contributed by atoms with Gasteiger partial charge in [-0.15, -0.1) is 0 Å². The van der Waals surface area contributed by atoms with Crippen LogP contribution in [-0.4, -0.2) is 51.5 Å². The first-order valence-corrected chi connectivity index (χ1v) is 10.3. The lowest BCUT2D eigenvalue weighted by molar-refractivity contribution is -0.168. The van der Waals surface area contributed by atoms with Crippen LogP contribution in [-0.2, 0) is 19.6 Å². The molecule has 0 spiro atoms. The van der Waals surface area contributed by atoms with E-state index in [0.29, 0.717) is 12.8 Å². The molecule has 0 aromatic rings. The Morgan fingerprint density at radius 3 is 2.46 bits per heavy atom. The van der Waals surface area contributed by atoms with Gasteiger partial charge < -0.3 is 9.84 Å². The number of esters is 1. The molecule has 6 nitrogen and oxygen atoms in total. The second-order valence-electron chi connectivity index (χ2n) is 7.14. The summed E-state index contributed by atoms with van der Waals surface area (Å²) in [5.74, 6) is -1.84. The lowest BCUT2D eigenvalue weighted by atomic mass is 9.73. The van der Waals surface area contributed by atoms with Crippen molar-refractivity contribution in [2.45, 2.75) is 66.5 Å². The zero-order valence-electron chi connectivity index (χ0n) is 13.0. The standard InChI is InChI=1S/C14H20F2O6S2/c1-13(18)4-2-3-8(13)7-5-11-9(6-10(7)23-11)22-12(17)14(15,16)24(19,20)21/h7-11,18H,2-6H2,1H3,(H,19,20,21). The molecule has 10 heteroatoms. The average molecular weight is 386 g/mol. The fourth-order valence-electron chi connectivity index (χ4n) is 4.36. The van der Waals surface area contributed by atoms with E-state index in [1.54, 1.807) is 11.8 Å². The fourth-order valence-corrected chi connectivity index (χ4v) is 6.55. The number of rotatable bonds is 4. The molecule has 1 aliphatic carbocycles. The number of hydrogen-bond acceptors (Lipinski definition) is 6. The number of hydrogen-bond donors (Lipinski definition) is 2. The summed E-state index contributed by atoms with van der Waals surface area (Å²) in [5, 5.41) is 5.43. The molecular weight excluding hydrogens is 366 g/mol. The van der Waals surface area contributed by atoms with Gasteiger partial charge in [0.25, 0.3) is 0 Å². The summed E-state index contributed by atoms with van der Waals surface area (Å²) >= 11 is 1.55. The van der Waals surface area contributed by atoms with Crippen LogP contribution >= 0.6 is 11.8 Å². The summed E-state index contributed by atoms with van der Waals surface area (Å²) in [6.45, 7) is 1.82. The molecule has 2 aliphatic heterocycles. The molecule has 2 saturated heterocycles. The predicted molar refractivity (Wildman–Crippen MR) is 82.2 cm³/mol. The summed E-state index contributed by atoms with van der Waals surface area (Å²) in [6, 6.07) is 0. The zero-order valence-corrected chi connectivity index (χ0v) is 14.7. The molecule has 3 rings (SSSR count). The summed E-state index contributed by atoms with van der Waals surface area (Å²) in [5.41, 5.74) is -0.722. The van der Waals surface area contributed by atoms with Gasteiger partial charge in [0.1, 0.15) is 6.10 Å². The van der Waals surface area contributed by atoms with Crippen molar-refractivity contribution in [2.24, 2.45) is 11.8 Å². The third-order valence-corrected chi connectivity index (χ3v) is 8.10. The second-order valence-corrected chi connectivity index (χ2v) is 10.1. The number of aliphatic hydroxyl groups is 1. The number of carbonyl (C=O) groups is 1. The van der Waals surface area contributed by atoms with Gasteiger partial charge in [-0.1, -0.05) is 6.42 Å². The van der Waals surface area contributed by atoms with Crippen LogP contribution in [0.15, 0.2) is 0 Å². The molecule has 0 radical (unpaired) electrons. The van der Waals surface area contributed by atoms with Gasteiger partial charge in [-0.05, 0) is 44.4 Å². The van der Waals surface area contributed by atoms with Crippen molar-refractivity contribution in [1.29, 1.82) is 0 Å². The molecule has 24 heavy (non-hydrogen) atoms. The van der Waals surface area contributed by atoms with Crippen molar-refractivity contribution in [3.05, 3.63) is 0 Å². The van der Waals surface area contributed by atoms with Crippen LogP contribution in [0.1, 0.15) is 39.0 Å². The van der Waals surface area contributed by atoms with E-state index in [2.05, 4.69) is 4.74 Å². The van der Waals surface area contributed by atoms with Gasteiger partial charge >= 0.3 is 21.3 Å². The first kappa shape index (κ1) is 18.3. The molecule has 2 bridgehead atoms. The summed E-state index contributed by atoms with van der Waals surface area (Å²) in [6.07, 6.45) is 2.84. The number of alkyl halides is 2. The Hall–Kier alpha value is -0.450. The van der Waals surface area contributed by atoms with E-state index in [-0.39, 0.29) is 22.3 Å². The van der Waals surface area contributed by atoms with Gasteiger partial charge in [-0.3, -0.25) is 4.55 Å². The molecule has 3 fully saturated rings. The van der Waals surface area contributed by atoms with Crippen LogP contribution < -0.4 is 0 Å². The van der Waals surface area contributed by atoms with Gasteiger partial charge in [0.15, 0.2) is 0 Å². The van der Waals surface area contributed by atoms with Gasteiger partial charge in [0.2, 0.25) is 0 Å². The van der Waals surface area contributed by atoms with Crippen LogP contribution in [0.2, 0.25) is 0 Å². The normalized spacial score (nSPS) is 42.5.